The largest absolute Gasteiger partial charge is 0.480 e. The molecule has 0 spiro atoms. The molecule has 0 bridgehead atoms. The fourth-order valence-corrected chi connectivity index (χ4v) is 2.85. The highest BCUT2D eigenvalue weighted by molar-refractivity contribution is 5.82. The van der Waals surface area contributed by atoms with E-state index in [1.165, 1.54) is 10.9 Å². The number of unbranched alkanes of at least 4 members (excludes halogenated alkanes) is 1. The standard InChI is InChI=1S/C16H26N10O4/c17-9(3-1-2-4-21-15(18)19)5-25(7-11(28)29)10(27)6-26-8-22-12-13(26)23-16(20)24-14(12)30/h8-9H,1-7,17H2,(H,28,29)(H4,18,19,21)(H3,20,23,24,30)/t9-/m0/s1. The molecule has 0 aliphatic carbocycles. The Balaban J connectivity index is 2.02. The number of nitrogens with zero attached hydrogens (tertiary/aromatic N) is 5. The second kappa shape index (κ2) is 10.2. The normalized spacial score (nSPS) is 11.9. The van der Waals surface area contributed by atoms with Gasteiger partial charge < -0.3 is 37.5 Å². The molecule has 164 valence electrons. The summed E-state index contributed by atoms with van der Waals surface area (Å²) in [6.45, 7) is -0.258. The molecule has 1 atom stereocenters. The molecule has 0 saturated carbocycles. The highest BCUT2D eigenvalue weighted by Crippen LogP contribution is 2.08. The fraction of sp³-hybridized carbons (Fsp3) is 0.500. The number of carbonyl (C=O) groups excluding carboxylic acids is 1. The Bertz CT molecular complexity index is 978. The summed E-state index contributed by atoms with van der Waals surface area (Å²) in [5, 5.41) is 9.15. The van der Waals surface area contributed by atoms with Crippen LogP contribution < -0.4 is 28.5 Å². The van der Waals surface area contributed by atoms with Gasteiger partial charge in [-0.15, -0.1) is 0 Å². The van der Waals surface area contributed by atoms with Crippen LogP contribution in [0.1, 0.15) is 19.3 Å². The molecule has 30 heavy (non-hydrogen) atoms. The van der Waals surface area contributed by atoms with Gasteiger partial charge >= 0.3 is 5.97 Å². The molecule has 14 heteroatoms. The topological polar surface area (TPSA) is 238 Å². The average molecular weight is 422 g/mol. The lowest BCUT2D eigenvalue weighted by atomic mass is 10.1. The third-order valence-corrected chi connectivity index (χ3v) is 4.21. The van der Waals surface area contributed by atoms with Crippen molar-refractivity contribution in [2.75, 3.05) is 25.4 Å². The number of guanidine groups is 1. The summed E-state index contributed by atoms with van der Waals surface area (Å²) in [5.74, 6) is -1.78. The molecule has 2 aromatic heterocycles. The molecule has 0 radical (unpaired) electrons. The van der Waals surface area contributed by atoms with Crippen molar-refractivity contribution in [1.82, 2.24) is 24.4 Å². The minimum atomic E-state index is -1.17. The number of aromatic amines is 1. The second-order valence-corrected chi connectivity index (χ2v) is 6.73. The number of hydrogen-bond donors (Lipinski definition) is 6. The van der Waals surface area contributed by atoms with Crippen LogP contribution in [-0.4, -0.2) is 73.0 Å². The minimum absolute atomic E-state index is 0.0165. The lowest BCUT2D eigenvalue weighted by Crippen LogP contribution is -2.45. The average Bonchev–Trinajstić information content (AvgIpc) is 3.03. The summed E-state index contributed by atoms with van der Waals surface area (Å²) in [6.07, 6.45) is 3.25. The number of H-pyrrole nitrogens is 1. The van der Waals surface area contributed by atoms with Gasteiger partial charge in [0.1, 0.15) is 13.1 Å². The summed E-state index contributed by atoms with van der Waals surface area (Å²) in [6, 6.07) is -0.427. The number of nitrogens with two attached hydrogens (primary N) is 4. The number of nitrogen functional groups attached to an aromatic ring is 1. The first-order chi connectivity index (χ1) is 14.2. The van der Waals surface area contributed by atoms with Crippen molar-refractivity contribution in [3.63, 3.8) is 0 Å². The van der Waals surface area contributed by atoms with Crippen molar-refractivity contribution in [1.29, 1.82) is 0 Å². The van der Waals surface area contributed by atoms with E-state index in [9.17, 15) is 14.4 Å². The molecule has 14 nitrogen and oxygen atoms in total. The number of fused-ring (bicyclic) bond motifs is 1. The van der Waals surface area contributed by atoms with Crippen LogP contribution in [0.3, 0.4) is 0 Å². The van der Waals surface area contributed by atoms with Crippen LogP contribution in [0.25, 0.3) is 11.2 Å². The van der Waals surface area contributed by atoms with Crippen LogP contribution in [-0.2, 0) is 16.1 Å². The molecule has 0 saturated heterocycles. The first-order valence-corrected chi connectivity index (χ1v) is 9.18. The predicted molar refractivity (Wildman–Crippen MR) is 109 cm³/mol. The number of aliphatic imine (C=N–C) groups is 1. The van der Waals surface area contributed by atoms with E-state index in [1.54, 1.807) is 0 Å². The van der Waals surface area contributed by atoms with Gasteiger partial charge in [0.15, 0.2) is 17.1 Å². The van der Waals surface area contributed by atoms with Gasteiger partial charge in [0.25, 0.3) is 5.56 Å². The molecule has 0 fully saturated rings. The van der Waals surface area contributed by atoms with Gasteiger partial charge in [0.2, 0.25) is 11.9 Å². The van der Waals surface area contributed by atoms with Gasteiger partial charge in [-0.25, -0.2) is 4.98 Å². The van der Waals surface area contributed by atoms with Gasteiger partial charge in [0.05, 0.1) is 6.33 Å². The number of rotatable bonds is 11. The first-order valence-electron chi connectivity index (χ1n) is 9.18. The Morgan fingerprint density at radius 3 is 2.73 bits per heavy atom. The van der Waals surface area contributed by atoms with E-state index in [0.29, 0.717) is 25.8 Å². The Hall–Kier alpha value is -3.68. The highest BCUT2D eigenvalue weighted by atomic mass is 16.4. The fourth-order valence-electron chi connectivity index (χ4n) is 2.85. The predicted octanol–water partition coefficient (Wildman–Crippen LogP) is -2.61. The molecule has 0 unspecified atom stereocenters. The number of imidazole rings is 1. The van der Waals surface area contributed by atoms with E-state index in [2.05, 4.69) is 19.9 Å². The number of carboxylic acid groups (broad SMARTS) is 1. The number of nitrogens with one attached hydrogen (secondary N) is 1. The zero-order chi connectivity index (χ0) is 22.3. The van der Waals surface area contributed by atoms with Crippen molar-refractivity contribution in [2.24, 2.45) is 22.2 Å². The third-order valence-electron chi connectivity index (χ3n) is 4.21. The molecule has 1 amide bonds. The van der Waals surface area contributed by atoms with E-state index in [4.69, 9.17) is 28.0 Å². The molecule has 2 rings (SSSR count). The van der Waals surface area contributed by atoms with Crippen molar-refractivity contribution in [2.45, 2.75) is 31.8 Å². The van der Waals surface area contributed by atoms with E-state index in [0.717, 1.165) is 4.90 Å². The third kappa shape index (κ3) is 6.44. The molecule has 0 aliphatic rings. The quantitative estimate of drug-likeness (QED) is 0.125. The number of anilines is 1. The zero-order valence-electron chi connectivity index (χ0n) is 16.3. The molecule has 0 aliphatic heterocycles. The summed E-state index contributed by atoms with van der Waals surface area (Å²) >= 11 is 0. The van der Waals surface area contributed by atoms with E-state index in [-0.39, 0.29) is 36.2 Å². The number of aliphatic carboxylic acids is 1. The lowest BCUT2D eigenvalue weighted by molar-refractivity contribution is -0.144. The summed E-state index contributed by atoms with van der Waals surface area (Å²) in [5.41, 5.74) is 21.7. The number of aromatic nitrogens is 4. The Kier molecular flexibility index (Phi) is 7.69. The van der Waals surface area contributed by atoms with E-state index >= 15 is 0 Å². The first kappa shape index (κ1) is 22.6. The van der Waals surface area contributed by atoms with Gasteiger partial charge in [-0.1, -0.05) is 6.42 Å². The van der Waals surface area contributed by atoms with Gasteiger partial charge in [-0.3, -0.25) is 24.4 Å². The molecule has 10 N–H and O–H groups in total. The minimum Gasteiger partial charge on any atom is -0.480 e. The number of carboxylic acids is 1. The SMILES string of the molecule is NC(N)=NCCCC[C@H](N)CN(CC(=O)O)C(=O)Cn1cnc2c(=O)[nH]c(N)nc21. The van der Waals surface area contributed by atoms with Crippen LogP contribution in [0.4, 0.5) is 5.95 Å². The summed E-state index contributed by atoms with van der Waals surface area (Å²) in [4.78, 5) is 51.0. The number of hydrogen-bond acceptors (Lipinski definition) is 8. The highest BCUT2D eigenvalue weighted by Gasteiger charge is 2.21. The maximum atomic E-state index is 12.7. The molecular formula is C16H26N10O4. The molecule has 2 aromatic rings. The van der Waals surface area contributed by atoms with Gasteiger partial charge in [0, 0.05) is 19.1 Å². The maximum absolute atomic E-state index is 12.7. The van der Waals surface area contributed by atoms with Crippen LogP contribution >= 0.6 is 0 Å². The van der Waals surface area contributed by atoms with Crippen LogP contribution in [0.5, 0.6) is 0 Å². The molecule has 2 heterocycles. The second-order valence-electron chi connectivity index (χ2n) is 6.73. The van der Waals surface area contributed by atoms with Crippen molar-refractivity contribution >= 4 is 34.9 Å². The van der Waals surface area contributed by atoms with E-state index < -0.39 is 30.0 Å². The number of amides is 1. The molecular weight excluding hydrogens is 396 g/mol. The van der Waals surface area contributed by atoms with Crippen LogP contribution in [0.2, 0.25) is 0 Å². The smallest absolute Gasteiger partial charge is 0.323 e. The Labute approximate surface area is 170 Å². The van der Waals surface area contributed by atoms with Crippen molar-refractivity contribution in [3.05, 3.63) is 16.7 Å². The van der Waals surface area contributed by atoms with Crippen LogP contribution in [0.15, 0.2) is 16.1 Å². The van der Waals surface area contributed by atoms with E-state index in [1.807, 2.05) is 0 Å². The lowest BCUT2D eigenvalue weighted by Gasteiger charge is -2.24. The molecule has 0 aromatic carbocycles. The Morgan fingerprint density at radius 2 is 2.07 bits per heavy atom. The van der Waals surface area contributed by atoms with Crippen molar-refractivity contribution < 1.29 is 14.7 Å². The van der Waals surface area contributed by atoms with Gasteiger partial charge in [-0.05, 0) is 12.8 Å². The monoisotopic (exact) mass is 422 g/mol. The Morgan fingerprint density at radius 1 is 1.33 bits per heavy atom. The number of carbonyl (C=O) groups is 2. The zero-order valence-corrected chi connectivity index (χ0v) is 16.3. The summed E-state index contributed by atoms with van der Waals surface area (Å²) in [7, 11) is 0. The summed E-state index contributed by atoms with van der Waals surface area (Å²) < 4.78 is 1.33. The van der Waals surface area contributed by atoms with Gasteiger partial charge in [-0.2, -0.15) is 4.98 Å². The maximum Gasteiger partial charge on any atom is 0.323 e. The van der Waals surface area contributed by atoms with Crippen LogP contribution in [0, 0.1) is 0 Å². The van der Waals surface area contributed by atoms with Crippen molar-refractivity contribution in [3.8, 4) is 0 Å².